The molecular formula is C15H20N2O3. The second-order valence-electron chi connectivity index (χ2n) is 4.84. The van der Waals surface area contributed by atoms with Crippen molar-refractivity contribution in [3.05, 3.63) is 29.8 Å². The summed E-state index contributed by atoms with van der Waals surface area (Å²) in [6, 6.07) is 6.90. The number of ketones is 1. The second-order valence-corrected chi connectivity index (χ2v) is 4.84. The van der Waals surface area contributed by atoms with E-state index in [4.69, 9.17) is 4.74 Å². The maximum atomic E-state index is 12.3. The maximum absolute atomic E-state index is 12.3. The molecule has 1 fully saturated rings. The number of Topliss-reactive ketones (excluding diaryl/α,β-unsaturated/α-hetero) is 1. The fourth-order valence-electron chi connectivity index (χ4n) is 2.47. The predicted molar refractivity (Wildman–Crippen MR) is 76.0 cm³/mol. The molecule has 20 heavy (non-hydrogen) atoms. The Kier molecular flexibility index (Phi) is 4.74. The van der Waals surface area contributed by atoms with Crippen LogP contribution in [0.3, 0.4) is 0 Å². The molecule has 1 aliphatic rings. The van der Waals surface area contributed by atoms with E-state index in [2.05, 4.69) is 5.32 Å². The third-order valence-corrected chi connectivity index (χ3v) is 3.57. The van der Waals surface area contributed by atoms with Crippen LogP contribution in [-0.4, -0.2) is 49.4 Å². The highest BCUT2D eigenvalue weighted by molar-refractivity contribution is 5.98. The van der Waals surface area contributed by atoms with Crippen LogP contribution in [0.2, 0.25) is 0 Å². The summed E-state index contributed by atoms with van der Waals surface area (Å²) in [6.07, 6.45) is 0.706. The van der Waals surface area contributed by atoms with Gasteiger partial charge in [0.1, 0.15) is 5.75 Å². The van der Waals surface area contributed by atoms with E-state index in [0.29, 0.717) is 30.8 Å². The zero-order valence-corrected chi connectivity index (χ0v) is 11.9. The van der Waals surface area contributed by atoms with Crippen LogP contribution in [0.4, 0.5) is 0 Å². The Labute approximate surface area is 118 Å². The topological polar surface area (TPSA) is 58.6 Å². The number of ether oxygens (including phenoxy) is 1. The molecular weight excluding hydrogens is 256 g/mol. The predicted octanol–water partition coefficient (Wildman–Crippen LogP) is 1.09. The van der Waals surface area contributed by atoms with Crippen LogP contribution >= 0.6 is 0 Å². The highest BCUT2D eigenvalue weighted by Crippen LogP contribution is 2.15. The van der Waals surface area contributed by atoms with Gasteiger partial charge >= 0.3 is 0 Å². The van der Waals surface area contributed by atoms with Crippen LogP contribution in [0.25, 0.3) is 0 Å². The lowest BCUT2D eigenvalue weighted by Gasteiger charge is -2.33. The molecule has 108 valence electrons. The molecule has 1 unspecified atom stereocenters. The minimum Gasteiger partial charge on any atom is -0.497 e. The van der Waals surface area contributed by atoms with Gasteiger partial charge in [0.25, 0.3) is 0 Å². The fraction of sp³-hybridized carbons (Fsp3) is 0.467. The first-order valence-corrected chi connectivity index (χ1v) is 6.84. The number of hydrogen-bond donors (Lipinski definition) is 1. The smallest absolute Gasteiger partial charge is 0.237 e. The fourth-order valence-corrected chi connectivity index (χ4v) is 2.47. The average Bonchev–Trinajstić information content (AvgIpc) is 2.47. The van der Waals surface area contributed by atoms with E-state index in [1.54, 1.807) is 31.4 Å². The molecule has 0 radical (unpaired) electrons. The van der Waals surface area contributed by atoms with E-state index in [9.17, 15) is 9.59 Å². The molecule has 1 N–H and O–H groups in total. The largest absolute Gasteiger partial charge is 0.497 e. The Morgan fingerprint density at radius 3 is 3.00 bits per heavy atom. The van der Waals surface area contributed by atoms with Gasteiger partial charge in [-0.1, -0.05) is 19.1 Å². The molecule has 1 saturated heterocycles. The Bertz CT molecular complexity index is 502. The molecule has 5 heteroatoms. The van der Waals surface area contributed by atoms with Gasteiger partial charge < -0.3 is 10.1 Å². The highest BCUT2D eigenvalue weighted by Gasteiger charge is 2.29. The molecule has 1 aliphatic heterocycles. The van der Waals surface area contributed by atoms with Crippen LogP contribution < -0.4 is 10.1 Å². The van der Waals surface area contributed by atoms with E-state index < -0.39 is 0 Å². The average molecular weight is 276 g/mol. The van der Waals surface area contributed by atoms with Gasteiger partial charge in [0, 0.05) is 18.7 Å². The van der Waals surface area contributed by atoms with Gasteiger partial charge in [-0.15, -0.1) is 0 Å². The SMILES string of the molecule is CCC1C(=O)NCCN1CC(=O)c1cccc(OC)c1. The monoisotopic (exact) mass is 276 g/mol. The molecule has 1 amide bonds. The molecule has 1 atom stereocenters. The van der Waals surface area contributed by atoms with E-state index in [-0.39, 0.29) is 24.3 Å². The second kappa shape index (κ2) is 6.52. The quantitative estimate of drug-likeness (QED) is 0.818. The van der Waals surface area contributed by atoms with Crippen molar-refractivity contribution in [2.24, 2.45) is 0 Å². The number of piperazine rings is 1. The van der Waals surface area contributed by atoms with Gasteiger partial charge in [-0.3, -0.25) is 14.5 Å². The first-order valence-electron chi connectivity index (χ1n) is 6.84. The Hall–Kier alpha value is -1.88. The molecule has 0 spiro atoms. The number of nitrogens with one attached hydrogen (secondary N) is 1. The van der Waals surface area contributed by atoms with Gasteiger partial charge in [-0.05, 0) is 18.6 Å². The van der Waals surface area contributed by atoms with Gasteiger partial charge in [-0.25, -0.2) is 0 Å². The molecule has 0 bridgehead atoms. The number of carbonyl (C=O) groups excluding carboxylic acids is 2. The van der Waals surface area contributed by atoms with Crippen molar-refractivity contribution in [3.63, 3.8) is 0 Å². The van der Waals surface area contributed by atoms with Crippen LogP contribution in [-0.2, 0) is 4.79 Å². The minimum atomic E-state index is -0.210. The molecule has 1 aromatic rings. The molecule has 0 aliphatic carbocycles. The third kappa shape index (κ3) is 3.17. The summed E-state index contributed by atoms with van der Waals surface area (Å²) in [6.45, 7) is 3.53. The number of carbonyl (C=O) groups is 2. The van der Waals surface area contributed by atoms with Crippen LogP contribution in [0.15, 0.2) is 24.3 Å². The van der Waals surface area contributed by atoms with E-state index in [0.717, 1.165) is 0 Å². The normalized spacial score (nSPS) is 19.5. The summed E-state index contributed by atoms with van der Waals surface area (Å²) < 4.78 is 5.12. The number of hydrogen-bond acceptors (Lipinski definition) is 4. The molecule has 1 heterocycles. The number of methoxy groups -OCH3 is 1. The standard InChI is InChI=1S/C15H20N2O3/c1-3-13-15(19)16-7-8-17(13)10-14(18)11-5-4-6-12(9-11)20-2/h4-6,9,13H,3,7-8,10H2,1-2H3,(H,16,19). The summed E-state index contributed by atoms with van der Waals surface area (Å²) in [4.78, 5) is 26.0. The first kappa shape index (κ1) is 14.5. The van der Waals surface area contributed by atoms with Gasteiger partial charge in [0.2, 0.25) is 5.91 Å². The third-order valence-electron chi connectivity index (χ3n) is 3.57. The summed E-state index contributed by atoms with van der Waals surface area (Å²) in [5.74, 6) is 0.688. The van der Waals surface area contributed by atoms with Crippen LogP contribution in [0.1, 0.15) is 23.7 Å². The van der Waals surface area contributed by atoms with Crippen molar-refractivity contribution in [2.45, 2.75) is 19.4 Å². The van der Waals surface area contributed by atoms with Crippen molar-refractivity contribution >= 4 is 11.7 Å². The van der Waals surface area contributed by atoms with E-state index in [1.165, 1.54) is 0 Å². The summed E-state index contributed by atoms with van der Waals surface area (Å²) in [5.41, 5.74) is 0.616. The summed E-state index contributed by atoms with van der Waals surface area (Å²) in [7, 11) is 1.58. The molecule has 0 saturated carbocycles. The van der Waals surface area contributed by atoms with Crippen LogP contribution in [0, 0.1) is 0 Å². The lowest BCUT2D eigenvalue weighted by molar-refractivity contribution is -0.128. The molecule has 5 nitrogen and oxygen atoms in total. The number of nitrogens with zero attached hydrogens (tertiary/aromatic N) is 1. The molecule has 2 rings (SSSR count). The van der Waals surface area contributed by atoms with Crippen molar-refractivity contribution in [1.29, 1.82) is 0 Å². The molecule has 1 aromatic carbocycles. The van der Waals surface area contributed by atoms with Crippen molar-refractivity contribution in [1.82, 2.24) is 10.2 Å². The van der Waals surface area contributed by atoms with Crippen molar-refractivity contribution in [2.75, 3.05) is 26.7 Å². The van der Waals surface area contributed by atoms with Crippen molar-refractivity contribution < 1.29 is 14.3 Å². The number of rotatable bonds is 5. The number of amides is 1. The number of benzene rings is 1. The Morgan fingerprint density at radius 2 is 2.30 bits per heavy atom. The van der Waals surface area contributed by atoms with Gasteiger partial charge in [0.05, 0.1) is 19.7 Å². The summed E-state index contributed by atoms with van der Waals surface area (Å²) >= 11 is 0. The Morgan fingerprint density at radius 1 is 1.50 bits per heavy atom. The molecule has 0 aromatic heterocycles. The minimum absolute atomic E-state index is 0.0112. The van der Waals surface area contributed by atoms with E-state index >= 15 is 0 Å². The van der Waals surface area contributed by atoms with E-state index in [1.807, 2.05) is 11.8 Å². The lowest BCUT2D eigenvalue weighted by atomic mass is 10.1. The van der Waals surface area contributed by atoms with Gasteiger partial charge in [-0.2, -0.15) is 0 Å². The highest BCUT2D eigenvalue weighted by atomic mass is 16.5. The Balaban J connectivity index is 2.08. The van der Waals surface area contributed by atoms with Crippen molar-refractivity contribution in [3.8, 4) is 5.75 Å². The van der Waals surface area contributed by atoms with Crippen LogP contribution in [0.5, 0.6) is 5.75 Å². The zero-order valence-electron chi connectivity index (χ0n) is 11.9. The maximum Gasteiger partial charge on any atom is 0.237 e. The van der Waals surface area contributed by atoms with Gasteiger partial charge in [0.15, 0.2) is 5.78 Å². The summed E-state index contributed by atoms with van der Waals surface area (Å²) in [5, 5.41) is 2.83. The zero-order chi connectivity index (χ0) is 14.5. The first-order chi connectivity index (χ1) is 9.65. The lowest BCUT2D eigenvalue weighted by Crippen LogP contribution is -2.56.